The quantitative estimate of drug-likeness (QED) is 0.901. The van der Waals surface area contributed by atoms with Crippen molar-refractivity contribution in [3.05, 3.63) is 35.8 Å². The molecular weight excluding hydrogens is 262 g/mol. The third-order valence-electron chi connectivity index (χ3n) is 2.49. The second-order valence-corrected chi connectivity index (χ2v) is 6.14. The fraction of sp³-hybridized carbons (Fsp3) is 0.308. The molecule has 2 aromatic heterocycles. The van der Waals surface area contributed by atoms with Crippen LogP contribution in [0.5, 0.6) is 0 Å². The van der Waals surface area contributed by atoms with Crippen molar-refractivity contribution in [3.8, 4) is 0 Å². The lowest BCUT2D eigenvalue weighted by molar-refractivity contribution is 0.0696. The summed E-state index contributed by atoms with van der Waals surface area (Å²) in [4.78, 5) is 22.7. The van der Waals surface area contributed by atoms with Crippen molar-refractivity contribution in [2.45, 2.75) is 36.4 Å². The average molecular weight is 277 g/mol. The van der Waals surface area contributed by atoms with Gasteiger partial charge in [-0.05, 0) is 23.9 Å². The molecule has 2 rings (SSSR count). The standard InChI is InChI=1S/C13H15N3O2S/c1-13(2,3)9-6-8(11(17)18)7-10(16-9)19-12-14-4-5-15-12/h4-7H,1-3H3,(H,14,15)(H,17,18). The molecule has 0 aliphatic carbocycles. The zero-order chi connectivity index (χ0) is 14.0. The molecule has 2 aromatic rings. The predicted octanol–water partition coefficient (Wildman–Crippen LogP) is 2.95. The van der Waals surface area contributed by atoms with Gasteiger partial charge in [0.25, 0.3) is 0 Å². The lowest BCUT2D eigenvalue weighted by atomic mass is 9.91. The first kappa shape index (κ1) is 13.6. The fourth-order valence-corrected chi connectivity index (χ4v) is 2.24. The summed E-state index contributed by atoms with van der Waals surface area (Å²) in [6.45, 7) is 6.01. The van der Waals surface area contributed by atoms with Crippen LogP contribution in [-0.2, 0) is 5.41 Å². The van der Waals surface area contributed by atoms with Crippen LogP contribution in [0.1, 0.15) is 36.8 Å². The van der Waals surface area contributed by atoms with Gasteiger partial charge in [0.2, 0.25) is 0 Å². The Hall–Kier alpha value is -1.82. The Balaban J connectivity index is 2.42. The van der Waals surface area contributed by atoms with Crippen LogP contribution in [0.25, 0.3) is 0 Å². The van der Waals surface area contributed by atoms with E-state index >= 15 is 0 Å². The van der Waals surface area contributed by atoms with Gasteiger partial charge < -0.3 is 10.1 Å². The van der Waals surface area contributed by atoms with Crippen molar-refractivity contribution in [1.29, 1.82) is 0 Å². The summed E-state index contributed by atoms with van der Waals surface area (Å²) in [6.07, 6.45) is 3.36. The average Bonchev–Trinajstić information content (AvgIpc) is 2.80. The van der Waals surface area contributed by atoms with E-state index in [1.807, 2.05) is 20.8 Å². The van der Waals surface area contributed by atoms with Crippen LogP contribution >= 0.6 is 11.8 Å². The molecule has 0 saturated heterocycles. The maximum Gasteiger partial charge on any atom is 0.335 e. The van der Waals surface area contributed by atoms with Crippen LogP contribution in [0.15, 0.2) is 34.7 Å². The molecule has 5 nitrogen and oxygen atoms in total. The van der Waals surface area contributed by atoms with Crippen molar-refractivity contribution < 1.29 is 9.90 Å². The number of carboxylic acids is 1. The summed E-state index contributed by atoms with van der Waals surface area (Å²) in [5.41, 5.74) is 0.791. The molecule has 0 aliphatic heterocycles. The lowest BCUT2D eigenvalue weighted by Gasteiger charge is -2.18. The van der Waals surface area contributed by atoms with Crippen molar-refractivity contribution in [3.63, 3.8) is 0 Å². The Bertz CT molecular complexity index is 588. The topological polar surface area (TPSA) is 78.9 Å². The monoisotopic (exact) mass is 277 g/mol. The third kappa shape index (κ3) is 3.35. The van der Waals surface area contributed by atoms with Crippen molar-refractivity contribution >= 4 is 17.7 Å². The summed E-state index contributed by atoms with van der Waals surface area (Å²) in [6, 6.07) is 3.18. The van der Waals surface area contributed by atoms with E-state index in [-0.39, 0.29) is 11.0 Å². The molecule has 19 heavy (non-hydrogen) atoms. The van der Waals surface area contributed by atoms with Crippen LogP contribution in [0.3, 0.4) is 0 Å². The number of aromatic amines is 1. The van der Waals surface area contributed by atoms with Crippen molar-refractivity contribution in [2.24, 2.45) is 0 Å². The third-order valence-corrected chi connectivity index (χ3v) is 3.33. The summed E-state index contributed by atoms with van der Waals surface area (Å²) in [5.74, 6) is -0.950. The number of hydrogen-bond donors (Lipinski definition) is 2. The second kappa shape index (κ2) is 5.05. The first-order valence-corrected chi connectivity index (χ1v) is 6.61. The number of aromatic carboxylic acids is 1. The SMILES string of the molecule is CC(C)(C)c1cc(C(=O)O)cc(Sc2ncc[nH]2)n1. The van der Waals surface area contributed by atoms with E-state index < -0.39 is 5.97 Å². The Labute approximate surface area is 115 Å². The molecule has 2 heterocycles. The van der Waals surface area contributed by atoms with Crippen LogP contribution in [-0.4, -0.2) is 26.0 Å². The molecular formula is C13H15N3O2S. The van der Waals surface area contributed by atoms with E-state index in [9.17, 15) is 4.79 Å². The van der Waals surface area contributed by atoms with Gasteiger partial charge in [-0.2, -0.15) is 0 Å². The van der Waals surface area contributed by atoms with Gasteiger partial charge in [0, 0.05) is 23.5 Å². The van der Waals surface area contributed by atoms with Gasteiger partial charge in [-0.1, -0.05) is 20.8 Å². The number of H-pyrrole nitrogens is 1. The number of rotatable bonds is 3. The van der Waals surface area contributed by atoms with Gasteiger partial charge in [-0.15, -0.1) is 0 Å². The smallest absolute Gasteiger partial charge is 0.335 e. The Morgan fingerprint density at radius 3 is 2.63 bits per heavy atom. The minimum atomic E-state index is -0.950. The number of nitrogens with one attached hydrogen (secondary N) is 1. The first-order valence-electron chi connectivity index (χ1n) is 5.79. The molecule has 100 valence electrons. The highest BCUT2D eigenvalue weighted by Gasteiger charge is 2.19. The van der Waals surface area contributed by atoms with E-state index in [4.69, 9.17) is 5.11 Å². The Morgan fingerprint density at radius 1 is 1.37 bits per heavy atom. The summed E-state index contributed by atoms with van der Waals surface area (Å²) in [5, 5.41) is 10.5. The molecule has 0 bridgehead atoms. The molecule has 0 radical (unpaired) electrons. The fourth-order valence-electron chi connectivity index (χ4n) is 1.47. The Kier molecular flexibility index (Phi) is 3.61. The van der Waals surface area contributed by atoms with Crippen LogP contribution < -0.4 is 0 Å². The van der Waals surface area contributed by atoms with E-state index in [1.165, 1.54) is 11.8 Å². The van der Waals surface area contributed by atoms with Crippen molar-refractivity contribution in [1.82, 2.24) is 15.0 Å². The molecule has 0 aliphatic rings. The minimum Gasteiger partial charge on any atom is -0.478 e. The van der Waals surface area contributed by atoms with E-state index in [0.717, 1.165) is 5.69 Å². The zero-order valence-electron chi connectivity index (χ0n) is 11.0. The highest BCUT2D eigenvalue weighted by atomic mass is 32.2. The number of nitrogens with zero attached hydrogens (tertiary/aromatic N) is 2. The molecule has 0 spiro atoms. The number of pyridine rings is 1. The molecule has 0 unspecified atom stereocenters. The molecule has 2 N–H and O–H groups in total. The van der Waals surface area contributed by atoms with Crippen molar-refractivity contribution in [2.75, 3.05) is 0 Å². The summed E-state index contributed by atoms with van der Waals surface area (Å²) >= 11 is 1.31. The number of imidazole rings is 1. The van der Waals surface area contributed by atoms with Gasteiger partial charge in [-0.25, -0.2) is 14.8 Å². The number of carboxylic acid groups (broad SMARTS) is 1. The summed E-state index contributed by atoms with van der Waals surface area (Å²) < 4.78 is 0. The van der Waals surface area contributed by atoms with E-state index in [0.29, 0.717) is 10.2 Å². The molecule has 0 fully saturated rings. The maximum atomic E-state index is 11.2. The molecule has 0 atom stereocenters. The molecule has 0 aromatic carbocycles. The lowest BCUT2D eigenvalue weighted by Crippen LogP contribution is -2.15. The van der Waals surface area contributed by atoms with Crippen LogP contribution in [0, 0.1) is 0 Å². The molecule has 6 heteroatoms. The number of carbonyl (C=O) groups is 1. The van der Waals surface area contributed by atoms with Gasteiger partial charge in [0.1, 0.15) is 5.03 Å². The Morgan fingerprint density at radius 2 is 2.11 bits per heavy atom. The second-order valence-electron chi connectivity index (χ2n) is 5.13. The predicted molar refractivity (Wildman–Crippen MR) is 72.6 cm³/mol. The van der Waals surface area contributed by atoms with Gasteiger partial charge in [0.05, 0.1) is 5.56 Å². The highest BCUT2D eigenvalue weighted by molar-refractivity contribution is 7.99. The normalized spacial score (nSPS) is 11.5. The molecule has 0 saturated carbocycles. The van der Waals surface area contributed by atoms with Gasteiger partial charge in [-0.3, -0.25) is 0 Å². The molecule has 0 amide bonds. The van der Waals surface area contributed by atoms with Crippen LogP contribution in [0.4, 0.5) is 0 Å². The minimum absolute atomic E-state index is 0.204. The maximum absolute atomic E-state index is 11.2. The van der Waals surface area contributed by atoms with E-state index in [2.05, 4.69) is 15.0 Å². The van der Waals surface area contributed by atoms with Crippen LogP contribution in [0.2, 0.25) is 0 Å². The van der Waals surface area contributed by atoms with Gasteiger partial charge in [0.15, 0.2) is 5.16 Å². The number of aromatic nitrogens is 3. The highest BCUT2D eigenvalue weighted by Crippen LogP contribution is 2.28. The first-order chi connectivity index (χ1) is 8.86. The zero-order valence-corrected chi connectivity index (χ0v) is 11.8. The summed E-state index contributed by atoms with van der Waals surface area (Å²) in [7, 11) is 0. The van der Waals surface area contributed by atoms with E-state index in [1.54, 1.807) is 24.5 Å². The number of hydrogen-bond acceptors (Lipinski definition) is 4. The van der Waals surface area contributed by atoms with Gasteiger partial charge >= 0.3 is 5.97 Å². The largest absolute Gasteiger partial charge is 0.478 e.